The summed E-state index contributed by atoms with van der Waals surface area (Å²) in [5, 5.41) is 0. The Balaban J connectivity index is 1.85. The standard InChI is InChI=1S/C11H16Br3NO2S/c12-11(13,14)18(16,17)15-10-4-7-1-8(5-10)3-9(2-7)6-10/h7-9,15H,1-6H2. The fourth-order valence-corrected chi connectivity index (χ4v) is 6.24. The first-order valence-electron chi connectivity index (χ1n) is 6.29. The first-order valence-corrected chi connectivity index (χ1v) is 10.2. The molecule has 0 spiro atoms. The summed E-state index contributed by atoms with van der Waals surface area (Å²) in [6.07, 6.45) is 6.97. The van der Waals surface area contributed by atoms with Crippen molar-refractivity contribution in [2.45, 2.75) is 45.5 Å². The zero-order chi connectivity index (χ0) is 13.2. The fourth-order valence-electron chi connectivity index (χ4n) is 4.58. The Morgan fingerprint density at radius 3 is 1.67 bits per heavy atom. The van der Waals surface area contributed by atoms with Crippen molar-refractivity contribution < 1.29 is 8.42 Å². The average molecular weight is 466 g/mol. The van der Waals surface area contributed by atoms with Crippen molar-refractivity contribution in [3.8, 4) is 0 Å². The minimum atomic E-state index is -3.46. The fraction of sp³-hybridized carbons (Fsp3) is 1.00. The van der Waals surface area contributed by atoms with E-state index in [9.17, 15) is 8.42 Å². The highest BCUT2D eigenvalue weighted by Gasteiger charge is 2.54. The molecule has 0 atom stereocenters. The zero-order valence-corrected chi connectivity index (χ0v) is 15.4. The van der Waals surface area contributed by atoms with Crippen LogP contribution in [-0.2, 0) is 10.0 Å². The normalized spacial score (nSPS) is 43.4. The molecule has 4 fully saturated rings. The number of hydrogen-bond acceptors (Lipinski definition) is 2. The van der Waals surface area contributed by atoms with Gasteiger partial charge >= 0.3 is 0 Å². The van der Waals surface area contributed by atoms with Crippen LogP contribution >= 0.6 is 47.8 Å². The highest BCUT2D eigenvalue weighted by Crippen LogP contribution is 2.56. The van der Waals surface area contributed by atoms with Gasteiger partial charge in [-0.3, -0.25) is 0 Å². The van der Waals surface area contributed by atoms with E-state index in [0.717, 1.165) is 37.0 Å². The molecule has 0 aromatic heterocycles. The Morgan fingerprint density at radius 2 is 1.33 bits per heavy atom. The maximum absolute atomic E-state index is 12.3. The second kappa shape index (κ2) is 4.42. The molecule has 0 unspecified atom stereocenters. The van der Waals surface area contributed by atoms with Crippen molar-refractivity contribution in [1.82, 2.24) is 4.72 Å². The van der Waals surface area contributed by atoms with Crippen LogP contribution in [0.3, 0.4) is 0 Å². The van der Waals surface area contributed by atoms with Crippen LogP contribution in [0.25, 0.3) is 0 Å². The van der Waals surface area contributed by atoms with E-state index in [-0.39, 0.29) is 5.54 Å². The predicted molar refractivity (Wildman–Crippen MR) is 82.5 cm³/mol. The van der Waals surface area contributed by atoms with Crippen LogP contribution in [-0.4, -0.2) is 15.4 Å². The van der Waals surface area contributed by atoms with Crippen LogP contribution in [0.15, 0.2) is 0 Å². The molecule has 0 aliphatic heterocycles. The van der Waals surface area contributed by atoms with Gasteiger partial charge in [0.05, 0.1) is 0 Å². The molecule has 4 rings (SSSR count). The molecule has 0 amide bonds. The molecule has 0 saturated heterocycles. The summed E-state index contributed by atoms with van der Waals surface area (Å²) >= 11 is 9.37. The molecule has 18 heavy (non-hydrogen) atoms. The van der Waals surface area contributed by atoms with E-state index >= 15 is 0 Å². The van der Waals surface area contributed by atoms with Gasteiger partial charge in [-0.1, -0.05) is 0 Å². The van der Waals surface area contributed by atoms with Gasteiger partial charge in [-0.25, -0.2) is 13.1 Å². The molecule has 7 heteroatoms. The minimum Gasteiger partial charge on any atom is -0.209 e. The van der Waals surface area contributed by atoms with Crippen LogP contribution < -0.4 is 4.72 Å². The van der Waals surface area contributed by atoms with Crippen molar-refractivity contribution in [3.63, 3.8) is 0 Å². The number of halogens is 3. The van der Waals surface area contributed by atoms with E-state index < -0.39 is 11.5 Å². The number of rotatable bonds is 2. The van der Waals surface area contributed by atoms with Crippen molar-refractivity contribution in [2.75, 3.05) is 0 Å². The molecule has 4 saturated carbocycles. The van der Waals surface area contributed by atoms with E-state index in [1.807, 2.05) is 0 Å². The largest absolute Gasteiger partial charge is 0.248 e. The molecular formula is C11H16Br3NO2S. The Hall–Kier alpha value is 1.35. The van der Waals surface area contributed by atoms with Crippen molar-refractivity contribution in [2.24, 2.45) is 17.8 Å². The van der Waals surface area contributed by atoms with Crippen LogP contribution in [0.1, 0.15) is 38.5 Å². The molecule has 4 aliphatic rings. The quantitative estimate of drug-likeness (QED) is 0.632. The van der Waals surface area contributed by atoms with Crippen LogP contribution in [0.2, 0.25) is 0 Å². The lowest BCUT2D eigenvalue weighted by atomic mass is 9.53. The van der Waals surface area contributed by atoms with Gasteiger partial charge in [-0.2, -0.15) is 0 Å². The number of nitrogens with one attached hydrogen (secondary N) is 1. The van der Waals surface area contributed by atoms with Gasteiger partial charge in [0.1, 0.15) is 0 Å². The number of hydrogen-bond donors (Lipinski definition) is 1. The average Bonchev–Trinajstić information content (AvgIpc) is 2.10. The molecule has 4 aliphatic carbocycles. The Bertz CT molecular complexity index is 422. The molecule has 0 aromatic carbocycles. The van der Waals surface area contributed by atoms with Crippen LogP contribution in [0.4, 0.5) is 0 Å². The highest BCUT2D eigenvalue weighted by atomic mass is 80.0. The summed E-state index contributed by atoms with van der Waals surface area (Å²) in [5.41, 5.74) is -0.186. The van der Waals surface area contributed by atoms with E-state index in [0.29, 0.717) is 0 Å². The third-order valence-electron chi connectivity index (χ3n) is 4.69. The third-order valence-corrected chi connectivity index (χ3v) is 9.84. The second-order valence-electron chi connectivity index (χ2n) is 6.25. The van der Waals surface area contributed by atoms with Gasteiger partial charge in [0, 0.05) is 5.54 Å². The maximum Gasteiger partial charge on any atom is 0.248 e. The lowest BCUT2D eigenvalue weighted by Crippen LogP contribution is -2.61. The summed E-state index contributed by atoms with van der Waals surface area (Å²) in [6, 6.07) is 0. The molecular weight excluding hydrogens is 450 g/mol. The van der Waals surface area contributed by atoms with Crippen LogP contribution in [0.5, 0.6) is 0 Å². The monoisotopic (exact) mass is 463 g/mol. The summed E-state index contributed by atoms with van der Waals surface area (Å²) in [6.45, 7) is 0. The molecule has 104 valence electrons. The van der Waals surface area contributed by atoms with Gasteiger partial charge in [0.15, 0.2) is 0 Å². The third kappa shape index (κ3) is 2.47. The van der Waals surface area contributed by atoms with Crippen LogP contribution in [0, 0.1) is 17.8 Å². The summed E-state index contributed by atoms with van der Waals surface area (Å²) in [4.78, 5) is 0. The number of sulfonamides is 1. The van der Waals surface area contributed by atoms with E-state index in [1.54, 1.807) is 0 Å². The van der Waals surface area contributed by atoms with Crippen molar-refractivity contribution in [1.29, 1.82) is 0 Å². The van der Waals surface area contributed by atoms with Gasteiger partial charge in [-0.05, 0) is 104 Å². The molecule has 3 nitrogen and oxygen atoms in total. The molecule has 0 aromatic rings. The Morgan fingerprint density at radius 1 is 0.944 bits per heavy atom. The molecule has 4 bridgehead atoms. The van der Waals surface area contributed by atoms with Crippen molar-refractivity contribution >= 4 is 57.8 Å². The summed E-state index contributed by atoms with van der Waals surface area (Å²) < 4.78 is 26.3. The molecule has 0 heterocycles. The highest BCUT2D eigenvalue weighted by molar-refractivity contribution is 9.42. The SMILES string of the molecule is O=S(=O)(NC12CC3CC(CC(C3)C1)C2)C(Br)(Br)Br. The van der Waals surface area contributed by atoms with Gasteiger partial charge in [0.2, 0.25) is 11.5 Å². The van der Waals surface area contributed by atoms with Crippen molar-refractivity contribution in [3.05, 3.63) is 0 Å². The second-order valence-corrected chi connectivity index (χ2v) is 16.4. The first kappa shape index (κ1) is 14.3. The van der Waals surface area contributed by atoms with Gasteiger partial charge < -0.3 is 0 Å². The Kier molecular flexibility index (Phi) is 3.51. The van der Waals surface area contributed by atoms with E-state index in [2.05, 4.69) is 52.5 Å². The topological polar surface area (TPSA) is 46.2 Å². The maximum atomic E-state index is 12.3. The zero-order valence-electron chi connectivity index (χ0n) is 9.83. The van der Waals surface area contributed by atoms with Gasteiger partial charge in [-0.15, -0.1) is 0 Å². The van der Waals surface area contributed by atoms with Gasteiger partial charge in [0.25, 0.3) is 0 Å². The van der Waals surface area contributed by atoms with E-state index in [4.69, 9.17) is 0 Å². The first-order chi connectivity index (χ1) is 8.19. The predicted octanol–water partition coefficient (Wildman–Crippen LogP) is 3.67. The lowest BCUT2D eigenvalue weighted by Gasteiger charge is -2.56. The summed E-state index contributed by atoms with van der Waals surface area (Å²) in [5.74, 6) is 2.19. The number of alkyl halides is 3. The smallest absolute Gasteiger partial charge is 0.209 e. The minimum absolute atomic E-state index is 0.186. The molecule has 1 N–H and O–H groups in total. The van der Waals surface area contributed by atoms with E-state index in [1.165, 1.54) is 19.3 Å². The Labute approximate surface area is 133 Å². The molecule has 0 radical (unpaired) electrons. The lowest BCUT2D eigenvalue weighted by molar-refractivity contribution is -0.00807. The summed E-state index contributed by atoms with van der Waals surface area (Å²) in [7, 11) is -3.46.